The van der Waals surface area contributed by atoms with Gasteiger partial charge in [-0.2, -0.15) is 31.9 Å². The summed E-state index contributed by atoms with van der Waals surface area (Å²) < 4.78 is 118. The van der Waals surface area contributed by atoms with Crippen molar-refractivity contribution in [2.45, 2.75) is 23.4 Å². The molecule has 0 aliphatic rings. The molecule has 0 aliphatic heterocycles. The molecular formula is C22H18F6N3O5PS. The van der Waals surface area contributed by atoms with Crippen LogP contribution in [0.15, 0.2) is 69.0 Å². The van der Waals surface area contributed by atoms with E-state index in [9.17, 15) is 39.6 Å². The van der Waals surface area contributed by atoms with E-state index in [1.807, 2.05) is 0 Å². The summed E-state index contributed by atoms with van der Waals surface area (Å²) in [7, 11) is -3.07. The van der Waals surface area contributed by atoms with Gasteiger partial charge in [-0.05, 0) is 35.9 Å². The third kappa shape index (κ3) is 5.48. The summed E-state index contributed by atoms with van der Waals surface area (Å²) in [5, 5.41) is 3.65. The van der Waals surface area contributed by atoms with Gasteiger partial charge in [0.15, 0.2) is 5.82 Å². The maximum Gasteiger partial charge on any atom is 0.453 e. The van der Waals surface area contributed by atoms with Crippen molar-refractivity contribution in [2.24, 2.45) is 0 Å². The van der Waals surface area contributed by atoms with Crippen LogP contribution < -0.4 is 15.0 Å². The van der Waals surface area contributed by atoms with Gasteiger partial charge in [-0.25, -0.2) is 12.8 Å². The number of rotatable bonds is 7. The predicted molar refractivity (Wildman–Crippen MR) is 129 cm³/mol. The zero-order valence-electron chi connectivity index (χ0n) is 19.2. The molecule has 1 atom stereocenters. The molecule has 4 rings (SSSR count). The summed E-state index contributed by atoms with van der Waals surface area (Å²) in [6.07, 6.45) is -6.74. The molecule has 0 radical (unpaired) electrons. The van der Waals surface area contributed by atoms with E-state index < -0.39 is 45.5 Å². The Hall–Kier alpha value is -3.58. The van der Waals surface area contributed by atoms with Crippen molar-refractivity contribution < 1.29 is 44.0 Å². The van der Waals surface area contributed by atoms with Crippen LogP contribution in [-0.4, -0.2) is 37.4 Å². The second-order valence-corrected chi connectivity index (χ2v) is 9.39. The van der Waals surface area contributed by atoms with Crippen LogP contribution in [0, 0.1) is 5.82 Å². The molecule has 0 amide bonds. The summed E-state index contributed by atoms with van der Waals surface area (Å²) in [5.74, 6) is -7.09. The molecule has 1 N–H and O–H groups in total. The first-order valence-electron chi connectivity index (χ1n) is 10.1. The molecule has 38 heavy (non-hydrogen) atoms. The van der Waals surface area contributed by atoms with Crippen molar-refractivity contribution in [1.82, 2.24) is 9.72 Å². The fourth-order valence-corrected chi connectivity index (χ4v) is 4.53. The number of fused-ring (bicyclic) bond motifs is 1. The summed E-state index contributed by atoms with van der Waals surface area (Å²) in [5.41, 5.74) is -1.96. The first-order chi connectivity index (χ1) is 17.2. The Kier molecular flexibility index (Phi) is 7.85. The second kappa shape index (κ2) is 10.3. The van der Waals surface area contributed by atoms with Crippen LogP contribution in [0.1, 0.15) is 5.56 Å². The highest BCUT2D eigenvalue weighted by molar-refractivity contribution is 7.92. The Balaban J connectivity index is 0.00000400. The molecule has 0 spiro atoms. The van der Waals surface area contributed by atoms with Crippen molar-refractivity contribution in [2.75, 3.05) is 11.8 Å². The molecule has 16 heteroatoms. The lowest BCUT2D eigenvalue weighted by molar-refractivity contribution is -0.281. The average Bonchev–Trinajstić information content (AvgIpc) is 3.31. The SMILES string of the molecule is COc1cc(CC(F)(F)C(F)(F)F)c(F)cc1-n1c(=O)ccc2cc(S(=O)(=O)Nc3ccon3)ccc21.P. The minimum atomic E-state index is -5.90. The molecule has 4 aromatic rings. The van der Waals surface area contributed by atoms with Crippen LogP contribution in [0.2, 0.25) is 0 Å². The van der Waals surface area contributed by atoms with E-state index in [0.717, 1.165) is 30.1 Å². The standard InChI is InChI=1S/C22H15F6N3O5S.H3P/c1-35-18-9-13(11-21(24,25)22(26,27)28)15(23)10-17(18)31-16-4-3-14(8-12(16)2-5-20(31)32)37(33,34)30-19-6-7-36-29-19;/h2-10H,11H2,1H3,(H,29,30);1H3. The van der Waals surface area contributed by atoms with Crippen LogP contribution in [0.4, 0.5) is 32.2 Å². The molecule has 2 aromatic heterocycles. The molecule has 2 aromatic carbocycles. The van der Waals surface area contributed by atoms with Gasteiger partial charge in [0, 0.05) is 30.0 Å². The van der Waals surface area contributed by atoms with Crippen molar-refractivity contribution in [1.29, 1.82) is 0 Å². The monoisotopic (exact) mass is 581 g/mol. The van der Waals surface area contributed by atoms with Crippen molar-refractivity contribution in [3.63, 3.8) is 0 Å². The number of benzene rings is 2. The van der Waals surface area contributed by atoms with Gasteiger partial charge >= 0.3 is 12.1 Å². The van der Waals surface area contributed by atoms with Gasteiger partial charge in [0.1, 0.15) is 17.8 Å². The van der Waals surface area contributed by atoms with Crippen LogP contribution >= 0.6 is 9.90 Å². The van der Waals surface area contributed by atoms with Crippen LogP contribution in [0.25, 0.3) is 16.6 Å². The van der Waals surface area contributed by atoms with E-state index in [2.05, 4.69) is 14.4 Å². The first-order valence-corrected chi connectivity index (χ1v) is 11.6. The number of nitrogens with zero attached hydrogens (tertiary/aromatic N) is 2. The van der Waals surface area contributed by atoms with Gasteiger partial charge in [-0.15, -0.1) is 0 Å². The smallest absolute Gasteiger partial charge is 0.453 e. The first kappa shape index (κ1) is 29.0. The molecule has 0 saturated carbocycles. The van der Waals surface area contributed by atoms with Crippen molar-refractivity contribution in [3.8, 4) is 11.4 Å². The zero-order chi connectivity index (χ0) is 27.2. The number of sulfonamides is 1. The largest absolute Gasteiger partial charge is 0.495 e. The number of pyridine rings is 1. The number of anilines is 1. The quantitative estimate of drug-likeness (QED) is 0.250. The van der Waals surface area contributed by atoms with Crippen molar-refractivity contribution >= 4 is 36.6 Å². The molecule has 0 aliphatic carbocycles. The third-order valence-electron chi connectivity index (χ3n) is 5.27. The lowest BCUT2D eigenvalue weighted by atomic mass is 10.0. The molecular weight excluding hydrogens is 563 g/mol. The van der Waals surface area contributed by atoms with Crippen molar-refractivity contribution in [3.05, 3.63) is 76.5 Å². The lowest BCUT2D eigenvalue weighted by Gasteiger charge is -2.21. The highest BCUT2D eigenvalue weighted by atomic mass is 32.2. The Bertz CT molecular complexity index is 1640. The number of ether oxygens (including phenoxy) is 1. The lowest BCUT2D eigenvalue weighted by Crippen LogP contribution is -2.38. The van der Waals surface area contributed by atoms with E-state index in [-0.39, 0.29) is 43.0 Å². The van der Waals surface area contributed by atoms with Crippen LogP contribution in [-0.2, 0) is 16.4 Å². The minimum Gasteiger partial charge on any atom is -0.495 e. The average molecular weight is 581 g/mol. The zero-order valence-corrected chi connectivity index (χ0v) is 21.5. The van der Waals surface area contributed by atoms with Gasteiger partial charge < -0.3 is 9.26 Å². The Labute approximate surface area is 213 Å². The number of hydrogen-bond donors (Lipinski definition) is 1. The molecule has 204 valence electrons. The Morgan fingerprint density at radius 1 is 1.05 bits per heavy atom. The molecule has 1 unspecified atom stereocenters. The van der Waals surface area contributed by atoms with E-state index in [0.29, 0.717) is 12.1 Å². The third-order valence-corrected chi connectivity index (χ3v) is 6.62. The molecule has 0 saturated heterocycles. The molecule has 8 nitrogen and oxygen atoms in total. The number of aromatic nitrogens is 2. The van der Waals surface area contributed by atoms with Gasteiger partial charge in [-0.3, -0.25) is 14.1 Å². The molecule has 0 fully saturated rings. The maximum absolute atomic E-state index is 14.7. The van der Waals surface area contributed by atoms with E-state index in [1.54, 1.807) is 0 Å². The van der Waals surface area contributed by atoms with E-state index in [1.165, 1.54) is 24.3 Å². The second-order valence-electron chi connectivity index (χ2n) is 7.71. The molecule has 2 heterocycles. The highest BCUT2D eigenvalue weighted by Gasteiger charge is 2.57. The predicted octanol–water partition coefficient (Wildman–Crippen LogP) is 4.73. The summed E-state index contributed by atoms with van der Waals surface area (Å²) in [4.78, 5) is 12.5. The molecule has 0 bridgehead atoms. The number of alkyl halides is 5. The summed E-state index contributed by atoms with van der Waals surface area (Å²) in [6.45, 7) is 0. The summed E-state index contributed by atoms with van der Waals surface area (Å²) in [6, 6.07) is 8.42. The van der Waals surface area contributed by atoms with Crippen LogP contribution in [0.3, 0.4) is 0 Å². The van der Waals surface area contributed by atoms with Crippen LogP contribution in [0.5, 0.6) is 5.75 Å². The fourth-order valence-electron chi connectivity index (χ4n) is 3.50. The number of halogens is 6. The Morgan fingerprint density at radius 3 is 2.37 bits per heavy atom. The van der Waals surface area contributed by atoms with Gasteiger partial charge in [0.2, 0.25) is 0 Å². The number of methoxy groups -OCH3 is 1. The minimum absolute atomic E-state index is 0. The van der Waals surface area contributed by atoms with Gasteiger partial charge in [-0.1, -0.05) is 5.16 Å². The fraction of sp³-hybridized carbons (Fsp3) is 0.182. The van der Waals surface area contributed by atoms with Gasteiger partial charge in [0.05, 0.1) is 23.2 Å². The normalized spacial score (nSPS) is 12.3. The topological polar surface area (TPSA) is 103 Å². The maximum atomic E-state index is 14.7. The van der Waals surface area contributed by atoms with E-state index in [4.69, 9.17) is 4.74 Å². The number of nitrogens with one attached hydrogen (secondary N) is 1. The number of hydrogen-bond acceptors (Lipinski definition) is 6. The van der Waals surface area contributed by atoms with Gasteiger partial charge in [0.25, 0.3) is 15.6 Å². The Morgan fingerprint density at radius 2 is 1.76 bits per heavy atom. The van der Waals surface area contributed by atoms with E-state index >= 15 is 0 Å². The summed E-state index contributed by atoms with van der Waals surface area (Å²) >= 11 is 0. The highest BCUT2D eigenvalue weighted by Crippen LogP contribution is 2.40.